The maximum Gasteiger partial charge on any atom is 0.342 e. The molecule has 1 aromatic carbocycles. The topological polar surface area (TPSA) is 150 Å². The number of carbonyl (C=O) groups is 1. The van der Waals surface area contributed by atoms with Crippen molar-refractivity contribution >= 4 is 23.7 Å². The van der Waals surface area contributed by atoms with Crippen molar-refractivity contribution in [2.75, 3.05) is 7.11 Å². The van der Waals surface area contributed by atoms with Crippen LogP contribution in [-0.4, -0.2) is 39.5 Å². The number of ether oxygens (including phenoxy) is 1. The number of nitrogens with zero attached hydrogens (tertiary/aromatic N) is 2. The summed E-state index contributed by atoms with van der Waals surface area (Å²) in [6.45, 7) is 0. The van der Waals surface area contributed by atoms with Crippen LogP contribution in [0.15, 0.2) is 26.8 Å². The number of aromatic amines is 2. The number of H-pyrrole nitrogens is 2. The molecule has 0 atom stereocenters. The normalized spacial score (nSPS) is 10.8. The second-order valence-corrected chi connectivity index (χ2v) is 5.14. The molecule has 0 radical (unpaired) electrons. The fourth-order valence-electron chi connectivity index (χ4n) is 1.83. The standard InChI is InChI=1S/C14H14ClN5O5/c1-25-9-4-2-7(11(15)12(9)22)6-16-19-10(21)5-3-8-13(23)17-14(24)20-18-8/h2,4,6,22H,3,5H2,1H3,(H,19,21)(H2,17,20,23,24)/b16-6+. The lowest BCUT2D eigenvalue weighted by atomic mass is 10.2. The van der Waals surface area contributed by atoms with Crippen LogP contribution >= 0.6 is 11.6 Å². The predicted octanol–water partition coefficient (Wildman–Crippen LogP) is -0.0913. The first-order valence-electron chi connectivity index (χ1n) is 6.97. The van der Waals surface area contributed by atoms with Crippen molar-refractivity contribution < 1.29 is 14.6 Å². The lowest BCUT2D eigenvalue weighted by Gasteiger charge is -2.06. The second-order valence-electron chi connectivity index (χ2n) is 4.77. The summed E-state index contributed by atoms with van der Waals surface area (Å²) in [6, 6.07) is 3.05. The molecule has 132 valence electrons. The van der Waals surface area contributed by atoms with Gasteiger partial charge in [0.15, 0.2) is 11.5 Å². The zero-order valence-corrected chi connectivity index (χ0v) is 13.8. The molecular weight excluding hydrogens is 354 g/mol. The van der Waals surface area contributed by atoms with Gasteiger partial charge in [0, 0.05) is 18.4 Å². The Morgan fingerprint density at radius 1 is 1.48 bits per heavy atom. The highest BCUT2D eigenvalue weighted by molar-refractivity contribution is 6.34. The maximum atomic E-state index is 11.7. The number of hydrogen-bond donors (Lipinski definition) is 4. The van der Waals surface area contributed by atoms with Crippen molar-refractivity contribution in [2.45, 2.75) is 12.8 Å². The molecule has 1 aromatic heterocycles. The number of aromatic hydroxyl groups is 1. The number of aromatic nitrogens is 3. The number of halogens is 1. The first-order valence-corrected chi connectivity index (χ1v) is 7.35. The summed E-state index contributed by atoms with van der Waals surface area (Å²) in [7, 11) is 1.39. The predicted molar refractivity (Wildman–Crippen MR) is 89.2 cm³/mol. The lowest BCUT2D eigenvalue weighted by molar-refractivity contribution is -0.121. The molecule has 2 rings (SSSR count). The van der Waals surface area contributed by atoms with E-state index in [1.54, 1.807) is 6.07 Å². The van der Waals surface area contributed by atoms with Crippen LogP contribution < -0.4 is 21.4 Å². The van der Waals surface area contributed by atoms with Crippen LogP contribution in [-0.2, 0) is 11.2 Å². The number of aryl methyl sites for hydroxylation is 1. The van der Waals surface area contributed by atoms with E-state index < -0.39 is 17.2 Å². The number of benzene rings is 1. The quantitative estimate of drug-likeness (QED) is 0.414. The van der Waals surface area contributed by atoms with Gasteiger partial charge in [-0.2, -0.15) is 10.2 Å². The second kappa shape index (κ2) is 8.11. The van der Waals surface area contributed by atoms with Crippen molar-refractivity contribution in [1.29, 1.82) is 0 Å². The fourth-order valence-corrected chi connectivity index (χ4v) is 2.04. The number of methoxy groups -OCH3 is 1. The molecule has 0 fully saturated rings. The molecule has 11 heteroatoms. The summed E-state index contributed by atoms with van der Waals surface area (Å²) in [5.74, 6) is -0.495. The van der Waals surface area contributed by atoms with Crippen LogP contribution in [0.5, 0.6) is 11.5 Å². The highest BCUT2D eigenvalue weighted by Gasteiger charge is 2.10. The Morgan fingerprint density at radius 2 is 2.24 bits per heavy atom. The van der Waals surface area contributed by atoms with Gasteiger partial charge in [-0.1, -0.05) is 11.6 Å². The van der Waals surface area contributed by atoms with Crippen molar-refractivity contribution in [3.63, 3.8) is 0 Å². The number of hydrazone groups is 1. The van der Waals surface area contributed by atoms with Crippen molar-refractivity contribution in [2.24, 2.45) is 5.10 Å². The van der Waals surface area contributed by atoms with Gasteiger partial charge in [-0.25, -0.2) is 15.3 Å². The molecule has 0 saturated carbocycles. The summed E-state index contributed by atoms with van der Waals surface area (Å²) >= 11 is 5.95. The maximum absolute atomic E-state index is 11.7. The lowest BCUT2D eigenvalue weighted by Crippen LogP contribution is -2.28. The summed E-state index contributed by atoms with van der Waals surface area (Å²) < 4.78 is 4.91. The molecule has 1 heterocycles. The van der Waals surface area contributed by atoms with Gasteiger partial charge in [-0.05, 0) is 12.1 Å². The first-order chi connectivity index (χ1) is 11.9. The molecule has 0 saturated heterocycles. The minimum atomic E-state index is -0.720. The zero-order valence-electron chi connectivity index (χ0n) is 13.0. The Morgan fingerprint density at radius 3 is 2.92 bits per heavy atom. The van der Waals surface area contributed by atoms with Crippen LogP contribution in [0.4, 0.5) is 0 Å². The third-order valence-electron chi connectivity index (χ3n) is 3.09. The molecule has 1 amide bonds. The van der Waals surface area contributed by atoms with E-state index in [0.717, 1.165) is 0 Å². The van der Waals surface area contributed by atoms with Gasteiger partial charge in [-0.3, -0.25) is 14.6 Å². The molecular formula is C14H14ClN5O5. The molecule has 25 heavy (non-hydrogen) atoms. The van der Waals surface area contributed by atoms with Crippen molar-refractivity contribution in [1.82, 2.24) is 20.6 Å². The van der Waals surface area contributed by atoms with E-state index in [-0.39, 0.29) is 35.1 Å². The van der Waals surface area contributed by atoms with Gasteiger partial charge in [-0.15, -0.1) is 0 Å². The van der Waals surface area contributed by atoms with Crippen LogP contribution in [0.1, 0.15) is 17.7 Å². The van der Waals surface area contributed by atoms with Gasteiger partial charge in [0.2, 0.25) is 5.91 Å². The Labute approximate surface area is 145 Å². The van der Waals surface area contributed by atoms with Crippen LogP contribution in [0.2, 0.25) is 5.02 Å². The minimum absolute atomic E-state index is 0.0253. The van der Waals surface area contributed by atoms with Gasteiger partial charge in [0.05, 0.1) is 18.3 Å². The monoisotopic (exact) mass is 367 g/mol. The van der Waals surface area contributed by atoms with Crippen LogP contribution in [0, 0.1) is 0 Å². The van der Waals surface area contributed by atoms with Crippen molar-refractivity contribution in [3.8, 4) is 11.5 Å². The molecule has 0 spiro atoms. The third kappa shape index (κ3) is 4.67. The summed E-state index contributed by atoms with van der Waals surface area (Å²) in [6.07, 6.45) is 1.21. The third-order valence-corrected chi connectivity index (χ3v) is 3.49. The highest BCUT2D eigenvalue weighted by atomic mass is 35.5. The van der Waals surface area contributed by atoms with E-state index in [0.29, 0.717) is 5.56 Å². The average Bonchev–Trinajstić information content (AvgIpc) is 2.58. The molecule has 0 bridgehead atoms. The average molecular weight is 368 g/mol. The molecule has 0 aliphatic carbocycles. The Bertz CT molecular complexity index is 921. The number of nitrogens with one attached hydrogen (secondary N) is 3. The van der Waals surface area contributed by atoms with Gasteiger partial charge in [0.1, 0.15) is 5.69 Å². The summed E-state index contributed by atoms with van der Waals surface area (Å²) in [5, 5.41) is 19.2. The SMILES string of the molecule is COc1ccc(/C=N/NC(=O)CCc2n[nH]c(=O)[nH]c2=O)c(Cl)c1O. The summed E-state index contributed by atoms with van der Waals surface area (Å²) in [5.41, 5.74) is 1.29. The largest absolute Gasteiger partial charge is 0.503 e. The van der Waals surface area contributed by atoms with E-state index in [2.05, 4.69) is 20.7 Å². The van der Waals surface area contributed by atoms with E-state index in [9.17, 15) is 19.5 Å². The molecule has 0 aliphatic rings. The molecule has 10 nitrogen and oxygen atoms in total. The smallest absolute Gasteiger partial charge is 0.342 e. The van der Waals surface area contributed by atoms with Gasteiger partial charge >= 0.3 is 5.69 Å². The number of carbonyl (C=O) groups excluding carboxylic acids is 1. The molecule has 4 N–H and O–H groups in total. The number of phenols is 1. The van der Waals surface area contributed by atoms with Crippen LogP contribution in [0.25, 0.3) is 0 Å². The Kier molecular flexibility index (Phi) is 5.90. The molecule has 0 unspecified atom stereocenters. The van der Waals surface area contributed by atoms with Gasteiger partial charge < -0.3 is 9.84 Å². The van der Waals surface area contributed by atoms with E-state index >= 15 is 0 Å². The highest BCUT2D eigenvalue weighted by Crippen LogP contribution is 2.35. The number of rotatable bonds is 6. The zero-order chi connectivity index (χ0) is 18.4. The summed E-state index contributed by atoms with van der Waals surface area (Å²) in [4.78, 5) is 36.0. The van der Waals surface area contributed by atoms with E-state index in [1.165, 1.54) is 19.4 Å². The first kappa shape index (κ1) is 18.2. The molecule has 2 aromatic rings. The fraction of sp³-hybridized carbons (Fsp3) is 0.214. The van der Waals surface area contributed by atoms with Crippen LogP contribution in [0.3, 0.4) is 0 Å². The van der Waals surface area contributed by atoms with E-state index in [1.807, 2.05) is 4.98 Å². The molecule has 0 aliphatic heterocycles. The number of hydrogen-bond acceptors (Lipinski definition) is 7. The van der Waals surface area contributed by atoms with Crippen molar-refractivity contribution in [3.05, 3.63) is 49.3 Å². The number of amides is 1. The number of phenolic OH excluding ortho intramolecular Hbond substituents is 1. The Hall–Kier alpha value is -3.14. The Balaban J connectivity index is 1.93. The van der Waals surface area contributed by atoms with Gasteiger partial charge in [0.25, 0.3) is 5.56 Å². The minimum Gasteiger partial charge on any atom is -0.503 e. The van der Waals surface area contributed by atoms with E-state index in [4.69, 9.17) is 16.3 Å².